The van der Waals surface area contributed by atoms with Gasteiger partial charge in [0.25, 0.3) is 0 Å². The van der Waals surface area contributed by atoms with E-state index >= 15 is 0 Å². The van der Waals surface area contributed by atoms with Crippen LogP contribution in [0.2, 0.25) is 0 Å². The molecule has 3 N–H and O–H groups in total. The second-order valence-corrected chi connectivity index (χ2v) is 12.9. The average molecular weight is 557 g/mol. The van der Waals surface area contributed by atoms with Crippen molar-refractivity contribution < 1.29 is 19.6 Å². The Morgan fingerprint density at radius 2 is 0.487 bits per heavy atom. The fourth-order valence-electron chi connectivity index (χ4n) is 5.58. The van der Waals surface area contributed by atoms with Gasteiger partial charge in [0.2, 0.25) is 0 Å². The minimum Gasteiger partial charge on any atom is -0.402 e. The van der Waals surface area contributed by atoms with E-state index in [1.165, 1.54) is 197 Å². The monoisotopic (exact) mass is 557 g/mol. The highest BCUT2D eigenvalue weighted by molar-refractivity contribution is 6.30. The number of hydrogen-bond acceptors (Lipinski definition) is 3. The maximum absolute atomic E-state index is 7.17. The van der Waals surface area contributed by atoms with E-state index in [9.17, 15) is 0 Å². The molecule has 0 spiro atoms. The van der Waals surface area contributed by atoms with Gasteiger partial charge in [-0.2, -0.15) is 0 Å². The van der Waals surface area contributed by atoms with Gasteiger partial charge in [0.1, 0.15) is 0 Å². The Balaban J connectivity index is 0. The Kier molecular flexibility index (Phi) is 35.9. The molecule has 0 amide bonds. The summed E-state index contributed by atoms with van der Waals surface area (Å²) in [6.07, 6.45) is 40.9. The molecule has 0 rings (SSSR count). The Morgan fingerprint density at radius 1 is 0.333 bits per heavy atom. The molecule has 0 aliphatic rings. The van der Waals surface area contributed by atoms with Crippen molar-refractivity contribution in [1.29, 1.82) is 0 Å². The molecule has 236 valence electrons. The molecule has 0 aliphatic heterocycles. The molecule has 0 bridgehead atoms. The van der Waals surface area contributed by atoms with E-state index in [2.05, 4.69) is 27.9 Å². The second kappa shape index (κ2) is 34.1. The van der Waals surface area contributed by atoms with Crippen LogP contribution in [0.3, 0.4) is 0 Å². The highest BCUT2D eigenvalue weighted by Crippen LogP contribution is 2.15. The molecule has 0 aromatic carbocycles. The fraction of sp³-hybridized carbons (Fsp3) is 1.00. The minimum atomic E-state index is -2.17. The summed E-state index contributed by atoms with van der Waals surface area (Å²) in [5, 5.41) is 21.5. The summed E-state index contributed by atoms with van der Waals surface area (Å²) in [6, 6.07) is 0. The van der Waals surface area contributed by atoms with Crippen molar-refractivity contribution in [2.45, 2.75) is 194 Å². The molecule has 39 heavy (non-hydrogen) atoms. The maximum Gasteiger partial charge on any atom is 0.631 e. The molecular formula is C34H75BNO3+. The summed E-state index contributed by atoms with van der Waals surface area (Å²) in [6.45, 7) is 7.38. The van der Waals surface area contributed by atoms with Crippen LogP contribution in [0.5, 0.6) is 0 Å². The predicted molar refractivity (Wildman–Crippen MR) is 175 cm³/mol. The first-order chi connectivity index (χ1) is 18.9. The molecule has 0 fully saturated rings. The van der Waals surface area contributed by atoms with E-state index < -0.39 is 7.32 Å². The largest absolute Gasteiger partial charge is 0.631 e. The summed E-state index contributed by atoms with van der Waals surface area (Å²) in [5.74, 6) is 0. The third kappa shape index (κ3) is 42.5. The van der Waals surface area contributed by atoms with Crippen molar-refractivity contribution >= 4 is 7.32 Å². The highest BCUT2D eigenvalue weighted by Gasteiger charge is 2.13. The van der Waals surface area contributed by atoms with Crippen LogP contribution in [0.25, 0.3) is 0 Å². The van der Waals surface area contributed by atoms with E-state index in [0.29, 0.717) is 0 Å². The highest BCUT2D eigenvalue weighted by atomic mass is 16.5. The third-order valence-electron chi connectivity index (χ3n) is 8.23. The summed E-state index contributed by atoms with van der Waals surface area (Å²) >= 11 is 0. The van der Waals surface area contributed by atoms with Crippen LogP contribution in [-0.2, 0) is 0 Å². The first kappa shape index (κ1) is 41.0. The molecule has 0 aromatic heterocycles. The lowest BCUT2D eigenvalue weighted by atomic mass is 10.0. The zero-order valence-electron chi connectivity index (χ0n) is 27.6. The van der Waals surface area contributed by atoms with Crippen LogP contribution < -0.4 is 0 Å². The standard InChI is InChI=1S/C34H72N.BH3O3/c1-5-7-9-11-13-15-17-19-21-23-25-27-29-31-33-35(3,4)34-32-30-28-26-24-22-20-18-16-14-12-10-8-6-2;2-1(3)4/h5-34H2,1-4H3;2-4H/q+1;. The van der Waals surface area contributed by atoms with Crippen LogP contribution in [0.1, 0.15) is 194 Å². The van der Waals surface area contributed by atoms with Crippen molar-refractivity contribution in [3.63, 3.8) is 0 Å². The quantitative estimate of drug-likeness (QED) is 0.0469. The number of quaternary nitrogens is 1. The molecule has 0 saturated heterocycles. The first-order valence-electron chi connectivity index (χ1n) is 17.7. The topological polar surface area (TPSA) is 60.7 Å². The van der Waals surface area contributed by atoms with Gasteiger partial charge in [0.05, 0.1) is 27.2 Å². The van der Waals surface area contributed by atoms with E-state index in [-0.39, 0.29) is 0 Å². The summed E-state index contributed by atoms with van der Waals surface area (Å²) in [4.78, 5) is 0. The number of nitrogens with zero attached hydrogens (tertiary/aromatic N) is 1. The van der Waals surface area contributed by atoms with Crippen LogP contribution >= 0.6 is 0 Å². The number of hydrogen-bond donors (Lipinski definition) is 3. The van der Waals surface area contributed by atoms with Crippen LogP contribution in [0, 0.1) is 0 Å². The van der Waals surface area contributed by atoms with Crippen molar-refractivity contribution in [1.82, 2.24) is 0 Å². The first-order valence-corrected chi connectivity index (χ1v) is 17.7. The van der Waals surface area contributed by atoms with Gasteiger partial charge in [0.15, 0.2) is 0 Å². The van der Waals surface area contributed by atoms with Crippen LogP contribution in [-0.4, -0.2) is 54.1 Å². The van der Waals surface area contributed by atoms with Gasteiger partial charge in [-0.1, -0.05) is 168 Å². The minimum absolute atomic E-state index is 1.25. The van der Waals surface area contributed by atoms with E-state index in [4.69, 9.17) is 15.1 Å². The summed E-state index contributed by atoms with van der Waals surface area (Å²) < 4.78 is 1.25. The van der Waals surface area contributed by atoms with Gasteiger partial charge in [-0.05, 0) is 25.7 Å². The predicted octanol–water partition coefficient (Wildman–Crippen LogP) is 9.97. The van der Waals surface area contributed by atoms with E-state index in [0.717, 1.165) is 0 Å². The molecule has 0 saturated carbocycles. The molecule has 0 radical (unpaired) electrons. The van der Waals surface area contributed by atoms with Gasteiger partial charge >= 0.3 is 7.32 Å². The lowest BCUT2D eigenvalue weighted by molar-refractivity contribution is -0.890. The lowest BCUT2D eigenvalue weighted by Crippen LogP contribution is -2.41. The lowest BCUT2D eigenvalue weighted by Gasteiger charge is -2.30. The van der Waals surface area contributed by atoms with Crippen molar-refractivity contribution in [3.8, 4) is 0 Å². The van der Waals surface area contributed by atoms with E-state index in [1.54, 1.807) is 0 Å². The molecule has 0 aromatic rings. The van der Waals surface area contributed by atoms with Gasteiger partial charge in [0, 0.05) is 0 Å². The molecule has 0 heterocycles. The molecule has 5 heteroatoms. The Morgan fingerprint density at radius 3 is 0.667 bits per heavy atom. The van der Waals surface area contributed by atoms with Gasteiger partial charge < -0.3 is 19.6 Å². The normalized spacial score (nSPS) is 11.5. The molecule has 0 atom stereocenters. The van der Waals surface area contributed by atoms with Crippen LogP contribution in [0.4, 0.5) is 0 Å². The fourth-order valence-corrected chi connectivity index (χ4v) is 5.58. The van der Waals surface area contributed by atoms with Gasteiger partial charge in [-0.25, -0.2) is 0 Å². The van der Waals surface area contributed by atoms with Crippen molar-refractivity contribution in [2.24, 2.45) is 0 Å². The number of rotatable bonds is 30. The molecule has 0 unspecified atom stereocenters. The molecule has 0 aliphatic carbocycles. The Hall–Kier alpha value is -0.0951. The van der Waals surface area contributed by atoms with Crippen LogP contribution in [0.15, 0.2) is 0 Å². The van der Waals surface area contributed by atoms with Gasteiger partial charge in [-0.3, -0.25) is 0 Å². The third-order valence-corrected chi connectivity index (χ3v) is 8.23. The summed E-state index contributed by atoms with van der Waals surface area (Å²) in [5.41, 5.74) is 0. The number of unbranched alkanes of at least 4 members (excludes halogenated alkanes) is 26. The van der Waals surface area contributed by atoms with E-state index in [1.807, 2.05) is 0 Å². The zero-order chi connectivity index (χ0) is 29.3. The molecular weight excluding hydrogens is 481 g/mol. The van der Waals surface area contributed by atoms with Gasteiger partial charge in [-0.15, -0.1) is 0 Å². The summed E-state index contributed by atoms with van der Waals surface area (Å²) in [7, 11) is 2.76. The van der Waals surface area contributed by atoms with Crippen molar-refractivity contribution in [2.75, 3.05) is 27.2 Å². The second-order valence-electron chi connectivity index (χ2n) is 12.9. The maximum atomic E-state index is 7.17. The SMILES string of the molecule is CCCCCCCCCCCCCCCC[N+](C)(C)CCCCCCCCCCCCCCCC.OB(O)O. The molecule has 4 nitrogen and oxygen atoms in total. The Bertz CT molecular complexity index is 398. The Labute approximate surface area is 247 Å². The van der Waals surface area contributed by atoms with Crippen molar-refractivity contribution in [3.05, 3.63) is 0 Å². The smallest absolute Gasteiger partial charge is 0.402 e. The average Bonchev–Trinajstić information content (AvgIpc) is 2.88. The zero-order valence-corrected chi connectivity index (χ0v) is 27.6.